The van der Waals surface area contributed by atoms with Gasteiger partial charge in [-0.3, -0.25) is 9.58 Å². The second kappa shape index (κ2) is 13.9. The molecule has 5 aromatic rings. The van der Waals surface area contributed by atoms with Crippen LogP contribution in [0.3, 0.4) is 0 Å². The summed E-state index contributed by atoms with van der Waals surface area (Å²) < 4.78 is 7.51. The molecule has 2 saturated carbocycles. The van der Waals surface area contributed by atoms with Crippen LogP contribution in [0.1, 0.15) is 67.4 Å². The number of nitrogens with one attached hydrogen (secondary N) is 3. The molecule has 48 heavy (non-hydrogen) atoms. The predicted octanol–water partition coefficient (Wildman–Crippen LogP) is 5.76. The summed E-state index contributed by atoms with van der Waals surface area (Å²) in [6.45, 7) is 0.711. The lowest BCUT2D eigenvalue weighted by atomic mass is 9.90. The van der Waals surface area contributed by atoms with Gasteiger partial charge in [-0.15, -0.1) is 10.2 Å². The van der Waals surface area contributed by atoms with Crippen LogP contribution in [0.4, 0.5) is 22.2 Å². The number of hydrogen-bond acceptors (Lipinski definition) is 10. The second-order valence-electron chi connectivity index (χ2n) is 12.3. The van der Waals surface area contributed by atoms with Crippen molar-refractivity contribution in [2.45, 2.75) is 69.6 Å². The van der Waals surface area contributed by atoms with Gasteiger partial charge in [-0.2, -0.15) is 15.3 Å². The minimum absolute atomic E-state index is 0.0112. The van der Waals surface area contributed by atoms with E-state index >= 15 is 0 Å². The molecule has 3 N–H and O–H groups in total. The van der Waals surface area contributed by atoms with Gasteiger partial charge in [0.2, 0.25) is 17.7 Å². The third-order valence-corrected chi connectivity index (χ3v) is 8.81. The van der Waals surface area contributed by atoms with Crippen molar-refractivity contribution in [2.24, 2.45) is 7.05 Å². The van der Waals surface area contributed by atoms with Crippen molar-refractivity contribution >= 4 is 23.5 Å². The van der Waals surface area contributed by atoms with Crippen LogP contribution in [0, 0.1) is 11.3 Å². The number of aromatic nitrogens is 6. The van der Waals surface area contributed by atoms with Crippen LogP contribution in [0.25, 0.3) is 11.1 Å². The number of nitriles is 1. The molecule has 0 saturated heterocycles. The molecule has 13 nitrogen and oxygen atoms in total. The number of carbonyl (C=O) groups is 1. The van der Waals surface area contributed by atoms with Gasteiger partial charge in [0.05, 0.1) is 18.9 Å². The van der Waals surface area contributed by atoms with Gasteiger partial charge in [-0.25, -0.2) is 9.78 Å². The van der Waals surface area contributed by atoms with E-state index in [1.165, 1.54) is 6.20 Å². The molecule has 0 aliphatic heterocycles. The van der Waals surface area contributed by atoms with Crippen molar-refractivity contribution in [3.8, 4) is 17.2 Å². The van der Waals surface area contributed by atoms with Crippen molar-refractivity contribution in [2.75, 3.05) is 15.5 Å². The lowest BCUT2D eigenvalue weighted by molar-refractivity contribution is 0.240. The maximum atomic E-state index is 13.8. The maximum absolute atomic E-state index is 13.8. The molecule has 2 amide bonds. The van der Waals surface area contributed by atoms with Gasteiger partial charge < -0.3 is 20.4 Å². The Hall–Kier alpha value is -5.77. The molecule has 3 aromatic heterocycles. The van der Waals surface area contributed by atoms with Gasteiger partial charge in [0.15, 0.2) is 0 Å². The first-order chi connectivity index (χ1) is 23.5. The molecule has 7 rings (SSSR count). The fourth-order valence-electron chi connectivity index (χ4n) is 6.06. The average molecular weight is 644 g/mol. The summed E-state index contributed by atoms with van der Waals surface area (Å²) in [6.07, 6.45) is 10.7. The zero-order chi connectivity index (χ0) is 32.9. The SMILES string of the molecule is Cn1cc(-c2ccc(N(C(=O)NCc3ccccc3)[C@H]3CC[C@H](Nc4ncc(C#N)c(NCc5nnc(C6CC6)o5)n4)CC3)cc2)cn1. The summed E-state index contributed by atoms with van der Waals surface area (Å²) in [5, 5.41) is 31.9. The second-order valence-corrected chi connectivity index (χ2v) is 12.3. The van der Waals surface area contributed by atoms with E-state index in [1.807, 2.05) is 78.9 Å². The van der Waals surface area contributed by atoms with Crippen LogP contribution in [-0.4, -0.2) is 48.1 Å². The Balaban J connectivity index is 1.01. The minimum atomic E-state index is -0.124. The minimum Gasteiger partial charge on any atom is -0.423 e. The van der Waals surface area contributed by atoms with Crippen molar-refractivity contribution in [3.63, 3.8) is 0 Å². The van der Waals surface area contributed by atoms with Crippen LogP contribution in [0.5, 0.6) is 0 Å². The highest BCUT2D eigenvalue weighted by Gasteiger charge is 2.31. The molecule has 2 aliphatic carbocycles. The van der Waals surface area contributed by atoms with E-state index in [0.29, 0.717) is 41.6 Å². The number of amides is 2. The van der Waals surface area contributed by atoms with Gasteiger partial charge in [-0.05, 0) is 61.8 Å². The van der Waals surface area contributed by atoms with E-state index in [0.717, 1.165) is 60.9 Å². The number of hydrogen-bond donors (Lipinski definition) is 3. The third-order valence-electron chi connectivity index (χ3n) is 8.81. The molecule has 0 bridgehead atoms. The topological polar surface area (TPSA) is 163 Å². The zero-order valence-corrected chi connectivity index (χ0v) is 26.7. The molecule has 0 atom stereocenters. The van der Waals surface area contributed by atoms with Crippen LogP contribution in [0.2, 0.25) is 0 Å². The monoisotopic (exact) mass is 643 g/mol. The summed E-state index contributed by atoms with van der Waals surface area (Å²) in [5.74, 6) is 2.34. The highest BCUT2D eigenvalue weighted by atomic mass is 16.4. The fraction of sp³-hybridized carbons (Fsp3) is 0.343. The van der Waals surface area contributed by atoms with Gasteiger partial charge >= 0.3 is 6.03 Å². The number of aryl methyl sites for hydroxylation is 1. The first-order valence-electron chi connectivity index (χ1n) is 16.3. The van der Waals surface area contributed by atoms with Gasteiger partial charge in [-0.1, -0.05) is 42.5 Å². The number of benzene rings is 2. The predicted molar refractivity (Wildman–Crippen MR) is 180 cm³/mol. The molecular formula is C35H37N11O2. The van der Waals surface area contributed by atoms with E-state index in [-0.39, 0.29) is 24.7 Å². The lowest BCUT2D eigenvalue weighted by Gasteiger charge is -2.37. The van der Waals surface area contributed by atoms with Crippen LogP contribution >= 0.6 is 0 Å². The molecule has 2 aliphatic rings. The smallest absolute Gasteiger partial charge is 0.322 e. The summed E-state index contributed by atoms with van der Waals surface area (Å²) in [6, 6.07) is 20.2. The Morgan fingerprint density at radius 1 is 0.979 bits per heavy atom. The van der Waals surface area contributed by atoms with Crippen molar-refractivity contribution in [3.05, 3.63) is 96.1 Å². The molecule has 244 valence electrons. The normalized spacial score (nSPS) is 17.3. The van der Waals surface area contributed by atoms with E-state index in [4.69, 9.17) is 4.42 Å². The number of carbonyl (C=O) groups excluding carboxylic acids is 1. The standard InChI is InChI=1S/C35H37N11O2/c1-45-22-27(20-40-45)24-9-13-29(14-10-24)46(35(47)39-18-23-5-3-2-4-6-23)30-15-11-28(12-16-30)41-34-38-19-26(17-36)32(42-34)37-21-31-43-44-33(48-31)25-7-8-25/h2-6,9-10,13-14,19-20,22,25,28,30H,7-8,11-12,15-16,18,21H2,1H3,(H,39,47)(H2,37,38,41,42)/t28-,30-. The third kappa shape index (κ3) is 7.28. The van der Waals surface area contributed by atoms with Crippen LogP contribution in [-0.2, 0) is 20.1 Å². The molecule has 2 fully saturated rings. The Morgan fingerprint density at radius 3 is 2.48 bits per heavy atom. The van der Waals surface area contributed by atoms with E-state index in [2.05, 4.69) is 47.3 Å². The van der Waals surface area contributed by atoms with Gasteiger partial charge in [0.25, 0.3) is 0 Å². The number of anilines is 3. The van der Waals surface area contributed by atoms with Gasteiger partial charge in [0, 0.05) is 49.0 Å². The fourth-order valence-corrected chi connectivity index (χ4v) is 6.06. The first-order valence-corrected chi connectivity index (χ1v) is 16.3. The highest BCUT2D eigenvalue weighted by Crippen LogP contribution is 2.39. The molecule has 0 spiro atoms. The summed E-state index contributed by atoms with van der Waals surface area (Å²) >= 11 is 0. The van der Waals surface area contributed by atoms with Crippen molar-refractivity contribution < 1.29 is 9.21 Å². The number of nitrogens with zero attached hydrogens (tertiary/aromatic N) is 8. The Bertz CT molecular complexity index is 1890. The zero-order valence-electron chi connectivity index (χ0n) is 26.7. The van der Waals surface area contributed by atoms with E-state index < -0.39 is 0 Å². The van der Waals surface area contributed by atoms with Crippen LogP contribution in [0.15, 0.2) is 77.6 Å². The molecule has 13 heteroatoms. The highest BCUT2D eigenvalue weighted by molar-refractivity contribution is 5.93. The molecule has 2 aromatic carbocycles. The Kier molecular flexibility index (Phi) is 8.95. The van der Waals surface area contributed by atoms with Crippen molar-refractivity contribution in [1.82, 2.24) is 35.3 Å². The molecule has 0 unspecified atom stereocenters. The number of urea groups is 1. The summed E-state index contributed by atoms with van der Waals surface area (Å²) in [5.41, 5.74) is 4.29. The van der Waals surface area contributed by atoms with E-state index in [9.17, 15) is 10.1 Å². The number of rotatable bonds is 11. The molecular weight excluding hydrogens is 606 g/mol. The largest absolute Gasteiger partial charge is 0.423 e. The van der Waals surface area contributed by atoms with E-state index in [1.54, 1.807) is 4.68 Å². The summed E-state index contributed by atoms with van der Waals surface area (Å²) in [7, 11) is 1.90. The Morgan fingerprint density at radius 2 is 1.77 bits per heavy atom. The Labute approximate surface area is 278 Å². The molecule has 0 radical (unpaired) electrons. The lowest BCUT2D eigenvalue weighted by Crippen LogP contribution is -2.48. The first kappa shape index (κ1) is 30.9. The average Bonchev–Trinajstić information content (AvgIpc) is 3.70. The quantitative estimate of drug-likeness (QED) is 0.161. The van der Waals surface area contributed by atoms with Crippen molar-refractivity contribution in [1.29, 1.82) is 5.26 Å². The summed E-state index contributed by atoms with van der Waals surface area (Å²) in [4.78, 5) is 24.7. The van der Waals surface area contributed by atoms with Crippen LogP contribution < -0.4 is 20.9 Å². The molecule has 3 heterocycles. The van der Waals surface area contributed by atoms with Gasteiger partial charge in [0.1, 0.15) is 17.5 Å². The maximum Gasteiger partial charge on any atom is 0.322 e.